The Labute approximate surface area is 177 Å². The van der Waals surface area contributed by atoms with Crippen LogP contribution in [0.2, 0.25) is 0 Å². The van der Waals surface area contributed by atoms with E-state index in [1.807, 2.05) is 49.4 Å². The van der Waals surface area contributed by atoms with Crippen molar-refractivity contribution in [3.05, 3.63) is 60.2 Å². The summed E-state index contributed by atoms with van der Waals surface area (Å²) >= 11 is 0. The van der Waals surface area contributed by atoms with E-state index in [9.17, 15) is 14.4 Å². The van der Waals surface area contributed by atoms with E-state index in [-0.39, 0.29) is 6.15 Å². The standard InChI is InChI=1S/C13H10O.C5H12N2O2.C4H8O2.H3N/c14-10-11-6-8-13(9-7-11)12-4-2-1-3-5-12;6-3-1-2-4(7)5(8)9;1-2-3-4(5)6;/h1-10H;4H,1-3,6-7H2,(H,8,9);2-3H2,1H3,(H,5,6);1H3/t;4-;;/m.0../s1. The van der Waals surface area contributed by atoms with Crippen LogP contribution in [0.15, 0.2) is 54.6 Å². The first-order chi connectivity index (χ1) is 13.8. The summed E-state index contributed by atoms with van der Waals surface area (Å²) in [5.41, 5.74) is 13.3. The van der Waals surface area contributed by atoms with Crippen LogP contribution in [-0.2, 0) is 9.59 Å². The van der Waals surface area contributed by atoms with Crippen molar-refractivity contribution in [1.29, 1.82) is 0 Å². The van der Waals surface area contributed by atoms with Gasteiger partial charge in [0.25, 0.3) is 0 Å². The summed E-state index contributed by atoms with van der Waals surface area (Å²) in [7, 11) is 0. The number of aliphatic carboxylic acids is 2. The van der Waals surface area contributed by atoms with E-state index in [1.54, 1.807) is 0 Å². The lowest BCUT2D eigenvalue weighted by atomic mass is 10.0. The lowest BCUT2D eigenvalue weighted by molar-refractivity contribution is -0.139. The summed E-state index contributed by atoms with van der Waals surface area (Å²) in [6.45, 7) is 2.34. The summed E-state index contributed by atoms with van der Waals surface area (Å²) in [6, 6.07) is 16.9. The Kier molecular flexibility index (Phi) is 17.5. The van der Waals surface area contributed by atoms with Crippen molar-refractivity contribution in [2.45, 2.75) is 38.6 Å². The largest absolute Gasteiger partial charge is 0.481 e. The van der Waals surface area contributed by atoms with Crippen LogP contribution in [0.25, 0.3) is 11.1 Å². The van der Waals surface area contributed by atoms with E-state index in [2.05, 4.69) is 12.1 Å². The lowest BCUT2D eigenvalue weighted by Crippen LogP contribution is -2.30. The van der Waals surface area contributed by atoms with E-state index >= 15 is 0 Å². The Balaban J connectivity index is 0. The van der Waals surface area contributed by atoms with Gasteiger partial charge in [-0.1, -0.05) is 61.5 Å². The topological polar surface area (TPSA) is 179 Å². The molecule has 9 N–H and O–H groups in total. The van der Waals surface area contributed by atoms with Crippen molar-refractivity contribution in [3.63, 3.8) is 0 Å². The monoisotopic (exact) mass is 419 g/mol. The van der Waals surface area contributed by atoms with Crippen molar-refractivity contribution in [2.24, 2.45) is 11.5 Å². The number of carboxylic acid groups (broad SMARTS) is 2. The Morgan fingerprint density at radius 1 is 1.00 bits per heavy atom. The highest BCUT2D eigenvalue weighted by Gasteiger charge is 2.08. The van der Waals surface area contributed by atoms with Crippen LogP contribution in [-0.4, -0.2) is 41.0 Å². The fourth-order valence-electron chi connectivity index (χ4n) is 2.06. The molecule has 0 heterocycles. The number of nitrogens with two attached hydrogens (primary N) is 2. The molecule has 0 bridgehead atoms. The predicted octanol–water partition coefficient (Wildman–Crippen LogP) is 3.34. The maximum absolute atomic E-state index is 10.5. The van der Waals surface area contributed by atoms with Crippen LogP contribution in [0, 0.1) is 0 Å². The molecule has 0 unspecified atom stereocenters. The second-order valence-electron chi connectivity index (χ2n) is 6.13. The highest BCUT2D eigenvalue weighted by Crippen LogP contribution is 2.18. The maximum atomic E-state index is 10.5. The minimum atomic E-state index is -0.955. The van der Waals surface area contributed by atoms with E-state index < -0.39 is 18.0 Å². The number of benzene rings is 2. The smallest absolute Gasteiger partial charge is 0.320 e. The van der Waals surface area contributed by atoms with Crippen LogP contribution in [0.4, 0.5) is 0 Å². The van der Waals surface area contributed by atoms with Crippen molar-refractivity contribution in [2.75, 3.05) is 6.54 Å². The Morgan fingerprint density at radius 3 is 1.90 bits per heavy atom. The van der Waals surface area contributed by atoms with Crippen LogP contribution < -0.4 is 17.6 Å². The van der Waals surface area contributed by atoms with Gasteiger partial charge in [-0.25, -0.2) is 0 Å². The molecule has 30 heavy (non-hydrogen) atoms. The van der Waals surface area contributed by atoms with Crippen molar-refractivity contribution in [3.8, 4) is 11.1 Å². The number of hydrogen-bond donors (Lipinski definition) is 5. The fourth-order valence-corrected chi connectivity index (χ4v) is 2.06. The van der Waals surface area contributed by atoms with Gasteiger partial charge in [0.15, 0.2) is 0 Å². The number of carboxylic acids is 2. The predicted molar refractivity (Wildman–Crippen MR) is 119 cm³/mol. The Morgan fingerprint density at radius 2 is 1.53 bits per heavy atom. The van der Waals surface area contributed by atoms with Gasteiger partial charge in [0.1, 0.15) is 12.3 Å². The van der Waals surface area contributed by atoms with Gasteiger partial charge in [-0.15, -0.1) is 0 Å². The third kappa shape index (κ3) is 14.0. The van der Waals surface area contributed by atoms with Gasteiger partial charge >= 0.3 is 11.9 Å². The van der Waals surface area contributed by atoms with E-state index in [0.29, 0.717) is 31.4 Å². The maximum Gasteiger partial charge on any atom is 0.320 e. The molecule has 0 radical (unpaired) electrons. The molecule has 0 aromatic heterocycles. The van der Waals surface area contributed by atoms with Crippen LogP contribution in [0.5, 0.6) is 0 Å². The van der Waals surface area contributed by atoms with Crippen molar-refractivity contribution >= 4 is 18.2 Å². The zero-order chi connectivity index (χ0) is 22.1. The quantitative estimate of drug-likeness (QED) is 0.404. The van der Waals surface area contributed by atoms with Gasteiger partial charge in [0.2, 0.25) is 0 Å². The molecule has 2 aromatic rings. The molecule has 0 aliphatic carbocycles. The molecule has 0 amide bonds. The van der Waals surface area contributed by atoms with Gasteiger partial charge in [0, 0.05) is 12.0 Å². The first-order valence-corrected chi connectivity index (χ1v) is 9.36. The molecular weight excluding hydrogens is 386 g/mol. The summed E-state index contributed by atoms with van der Waals surface area (Å²) in [5.74, 6) is -1.67. The highest BCUT2D eigenvalue weighted by molar-refractivity contribution is 5.76. The fraction of sp³-hybridized carbons (Fsp3) is 0.318. The van der Waals surface area contributed by atoms with Crippen LogP contribution >= 0.6 is 0 Å². The third-order valence-corrected chi connectivity index (χ3v) is 3.65. The minimum absolute atomic E-state index is 0. The van der Waals surface area contributed by atoms with Gasteiger partial charge in [-0.3, -0.25) is 14.4 Å². The van der Waals surface area contributed by atoms with Gasteiger partial charge in [-0.2, -0.15) is 0 Å². The number of hydrogen-bond acceptors (Lipinski definition) is 6. The third-order valence-electron chi connectivity index (χ3n) is 3.65. The number of carbonyl (C=O) groups excluding carboxylic acids is 1. The van der Waals surface area contributed by atoms with Gasteiger partial charge in [-0.05, 0) is 36.9 Å². The molecule has 8 nitrogen and oxygen atoms in total. The highest BCUT2D eigenvalue weighted by atomic mass is 16.4. The molecule has 8 heteroatoms. The average molecular weight is 420 g/mol. The normalized spacial score (nSPS) is 10.1. The summed E-state index contributed by atoms with van der Waals surface area (Å²) in [4.78, 5) is 30.1. The van der Waals surface area contributed by atoms with Crippen molar-refractivity contribution in [1.82, 2.24) is 6.15 Å². The zero-order valence-corrected chi connectivity index (χ0v) is 17.4. The van der Waals surface area contributed by atoms with Crippen LogP contribution in [0.3, 0.4) is 0 Å². The van der Waals surface area contributed by atoms with Crippen molar-refractivity contribution < 1.29 is 24.6 Å². The molecule has 2 aromatic carbocycles. The molecule has 2 rings (SSSR count). The Hall–Kier alpha value is -3.07. The molecule has 166 valence electrons. The molecule has 0 aliphatic rings. The molecule has 0 fully saturated rings. The number of rotatable bonds is 8. The second kappa shape index (κ2) is 18.0. The average Bonchev–Trinajstić information content (AvgIpc) is 2.73. The minimum Gasteiger partial charge on any atom is -0.481 e. The second-order valence-corrected chi connectivity index (χ2v) is 6.13. The summed E-state index contributed by atoms with van der Waals surface area (Å²) in [5, 5.41) is 16.2. The molecule has 0 aliphatic heterocycles. The summed E-state index contributed by atoms with van der Waals surface area (Å²) in [6.07, 6.45) is 3.02. The van der Waals surface area contributed by atoms with E-state index in [4.69, 9.17) is 21.7 Å². The number of carbonyl (C=O) groups is 3. The van der Waals surface area contributed by atoms with E-state index in [1.165, 1.54) is 5.56 Å². The summed E-state index contributed by atoms with van der Waals surface area (Å²) < 4.78 is 0. The molecule has 0 saturated heterocycles. The van der Waals surface area contributed by atoms with Crippen LogP contribution in [0.1, 0.15) is 43.0 Å². The Bertz CT molecular complexity index is 721. The van der Waals surface area contributed by atoms with E-state index in [0.717, 1.165) is 18.3 Å². The van der Waals surface area contributed by atoms with Gasteiger partial charge < -0.3 is 27.8 Å². The lowest BCUT2D eigenvalue weighted by Gasteiger charge is -2.02. The molecular formula is C22H33N3O5. The molecule has 0 saturated carbocycles. The zero-order valence-electron chi connectivity index (χ0n) is 17.4. The molecule has 0 spiro atoms. The molecule has 1 atom stereocenters. The number of aldehydes is 1. The van der Waals surface area contributed by atoms with Gasteiger partial charge in [0.05, 0.1) is 0 Å². The first kappa shape index (κ1) is 29.1. The first-order valence-electron chi connectivity index (χ1n) is 9.36. The SMILES string of the molecule is CCCC(=O)O.N.NCCC[C@H](N)C(=O)O.O=Cc1ccc(-c2ccccc2)cc1.